The fourth-order valence-corrected chi connectivity index (χ4v) is 5.81. The maximum atomic E-state index is 12.5. The van der Waals surface area contributed by atoms with Crippen molar-refractivity contribution in [3.63, 3.8) is 0 Å². The number of nitrogens with zero attached hydrogens (tertiary/aromatic N) is 1. The third-order valence-electron chi connectivity index (χ3n) is 6.92. The molecule has 3 N–H and O–H groups in total. The van der Waals surface area contributed by atoms with Crippen molar-refractivity contribution in [2.75, 3.05) is 44.0 Å². The smallest absolute Gasteiger partial charge is 0.412 e. The first-order valence-electron chi connectivity index (χ1n) is 13.8. The summed E-state index contributed by atoms with van der Waals surface area (Å²) in [5.41, 5.74) is 1.02. The van der Waals surface area contributed by atoms with Gasteiger partial charge in [0.05, 0.1) is 26.3 Å². The standard InChI is InChI=1S/C27H42N4O8S/c1-3-5-6-7-18-39-27(34)30-26(28)22-9-11-23(12-10-22)29-24(32)13-8-21-14-16-31(17-15-21,20-40(35,36)37)19-25(33)38-4-2/h9-12,21H,3-8,13-20H2,1-2H3,(H3-,28,29,30,32,34,35,36,37). The van der Waals surface area contributed by atoms with E-state index in [0.29, 0.717) is 50.2 Å². The SMILES string of the molecule is CCCCCCOC(=O)NC(=N)c1ccc(NC(=O)CCC2CC[N+](CC(=O)OCC)(CS(=O)(=O)[O-])CC2)cc1. The maximum absolute atomic E-state index is 12.5. The number of amidine groups is 1. The Labute approximate surface area is 236 Å². The van der Waals surface area contributed by atoms with Crippen LogP contribution in [-0.2, 0) is 29.2 Å². The number of carbonyl (C=O) groups is 3. The second kappa shape index (κ2) is 16.3. The Kier molecular flexibility index (Phi) is 13.5. The van der Waals surface area contributed by atoms with Gasteiger partial charge in [-0.3, -0.25) is 15.5 Å². The number of unbranched alkanes of at least 4 members (excludes halogenated alkanes) is 3. The number of quaternary nitrogens is 1. The minimum absolute atomic E-state index is 0.101. The fraction of sp³-hybridized carbons (Fsp3) is 0.630. The molecule has 2 amide bonds. The number of nitrogens with one attached hydrogen (secondary N) is 3. The summed E-state index contributed by atoms with van der Waals surface area (Å²) < 4.78 is 44.3. The zero-order chi connectivity index (χ0) is 29.6. The first-order chi connectivity index (χ1) is 18.9. The molecule has 0 aromatic heterocycles. The van der Waals surface area contributed by atoms with Gasteiger partial charge in [-0.15, -0.1) is 0 Å². The van der Waals surface area contributed by atoms with Gasteiger partial charge < -0.3 is 23.8 Å². The van der Waals surface area contributed by atoms with Crippen LogP contribution in [0.4, 0.5) is 10.5 Å². The summed E-state index contributed by atoms with van der Waals surface area (Å²) >= 11 is 0. The molecule has 1 aliphatic heterocycles. The number of ether oxygens (including phenoxy) is 2. The molecule has 1 aromatic rings. The lowest BCUT2D eigenvalue weighted by Gasteiger charge is -2.43. The van der Waals surface area contributed by atoms with Gasteiger partial charge >= 0.3 is 12.1 Å². The van der Waals surface area contributed by atoms with Gasteiger partial charge in [0.25, 0.3) is 0 Å². The Morgan fingerprint density at radius 3 is 2.33 bits per heavy atom. The molecule has 1 fully saturated rings. The van der Waals surface area contributed by atoms with Gasteiger partial charge in [0.15, 0.2) is 12.4 Å². The number of benzene rings is 1. The van der Waals surface area contributed by atoms with E-state index in [4.69, 9.17) is 14.9 Å². The molecule has 0 saturated carbocycles. The molecule has 1 aromatic carbocycles. The van der Waals surface area contributed by atoms with Crippen molar-refractivity contribution in [1.82, 2.24) is 5.32 Å². The first kappa shape index (κ1) is 33.2. The van der Waals surface area contributed by atoms with E-state index in [1.807, 2.05) is 0 Å². The average molecular weight is 583 g/mol. The van der Waals surface area contributed by atoms with Gasteiger partial charge in [0, 0.05) is 17.7 Å². The van der Waals surface area contributed by atoms with Crippen LogP contribution in [-0.4, -0.2) is 80.0 Å². The largest absolute Gasteiger partial charge is 0.744 e. The van der Waals surface area contributed by atoms with Crippen molar-refractivity contribution in [2.24, 2.45) is 5.92 Å². The van der Waals surface area contributed by atoms with E-state index in [1.54, 1.807) is 31.2 Å². The molecule has 224 valence electrons. The summed E-state index contributed by atoms with van der Waals surface area (Å²) in [7, 11) is -4.53. The normalized spacial score (nSPS) is 18.9. The number of hydrogen-bond acceptors (Lipinski definition) is 9. The molecular weight excluding hydrogens is 540 g/mol. The third-order valence-corrected chi connectivity index (χ3v) is 7.78. The number of rotatable bonds is 15. The second-order valence-corrected chi connectivity index (χ2v) is 11.6. The van der Waals surface area contributed by atoms with Crippen molar-refractivity contribution in [3.05, 3.63) is 29.8 Å². The van der Waals surface area contributed by atoms with Gasteiger partial charge in [-0.25, -0.2) is 18.0 Å². The molecule has 1 heterocycles. The van der Waals surface area contributed by atoms with Crippen LogP contribution < -0.4 is 10.6 Å². The van der Waals surface area contributed by atoms with E-state index < -0.39 is 28.1 Å². The van der Waals surface area contributed by atoms with Gasteiger partial charge in [-0.2, -0.15) is 0 Å². The number of piperidine rings is 1. The van der Waals surface area contributed by atoms with Crippen LogP contribution in [0.1, 0.15) is 70.8 Å². The molecule has 1 saturated heterocycles. The molecule has 13 heteroatoms. The second-order valence-electron chi connectivity index (χ2n) is 10.2. The Hall–Kier alpha value is -3.03. The number of carbonyl (C=O) groups excluding carboxylic acids is 3. The van der Waals surface area contributed by atoms with Crippen LogP contribution in [0, 0.1) is 11.3 Å². The highest BCUT2D eigenvalue weighted by Gasteiger charge is 2.38. The van der Waals surface area contributed by atoms with Crippen LogP contribution in [0.3, 0.4) is 0 Å². The van der Waals surface area contributed by atoms with E-state index in [0.717, 1.165) is 25.7 Å². The lowest BCUT2D eigenvalue weighted by molar-refractivity contribution is -0.916. The van der Waals surface area contributed by atoms with E-state index in [1.165, 1.54) is 0 Å². The molecule has 0 atom stereocenters. The molecule has 1 aliphatic rings. The van der Waals surface area contributed by atoms with Gasteiger partial charge in [-0.05, 0) is 62.8 Å². The topological polar surface area (TPSA) is 175 Å². The van der Waals surface area contributed by atoms with E-state index in [9.17, 15) is 27.4 Å². The Morgan fingerprint density at radius 2 is 1.73 bits per heavy atom. The fourth-order valence-electron chi connectivity index (χ4n) is 4.79. The summed E-state index contributed by atoms with van der Waals surface area (Å²) in [6.45, 7) is 4.78. The molecule has 12 nitrogen and oxygen atoms in total. The summed E-state index contributed by atoms with van der Waals surface area (Å²) in [6, 6.07) is 6.52. The summed E-state index contributed by atoms with van der Waals surface area (Å²) in [6.07, 6.45) is 5.29. The summed E-state index contributed by atoms with van der Waals surface area (Å²) in [5, 5.41) is 13.3. The molecule has 0 unspecified atom stereocenters. The Morgan fingerprint density at radius 1 is 1.05 bits per heavy atom. The zero-order valence-electron chi connectivity index (χ0n) is 23.4. The minimum atomic E-state index is -4.53. The first-order valence-corrected chi connectivity index (χ1v) is 15.4. The number of alkyl carbamates (subject to hydrolysis) is 1. The molecule has 2 rings (SSSR count). The number of likely N-dealkylation sites (tertiary alicyclic amines) is 1. The van der Waals surface area contributed by atoms with Crippen LogP contribution in [0.25, 0.3) is 0 Å². The van der Waals surface area contributed by atoms with Gasteiger partial charge in [0.1, 0.15) is 16.0 Å². The Balaban J connectivity index is 1.77. The highest BCUT2D eigenvalue weighted by atomic mass is 32.2. The van der Waals surface area contributed by atoms with Gasteiger partial charge in [0.2, 0.25) is 5.91 Å². The number of anilines is 1. The van der Waals surface area contributed by atoms with Gasteiger partial charge in [-0.1, -0.05) is 26.2 Å². The van der Waals surface area contributed by atoms with E-state index in [2.05, 4.69) is 17.6 Å². The quantitative estimate of drug-likeness (QED) is 0.0705. The van der Waals surface area contributed by atoms with Crippen molar-refractivity contribution in [1.29, 1.82) is 5.41 Å². The van der Waals surface area contributed by atoms with E-state index >= 15 is 0 Å². The lowest BCUT2D eigenvalue weighted by atomic mass is 9.91. The maximum Gasteiger partial charge on any atom is 0.412 e. The molecular formula is C27H42N4O8S. The molecule has 40 heavy (non-hydrogen) atoms. The van der Waals surface area contributed by atoms with Crippen molar-refractivity contribution in [3.8, 4) is 0 Å². The monoisotopic (exact) mass is 582 g/mol. The molecule has 0 bridgehead atoms. The van der Waals surface area contributed by atoms with E-state index in [-0.39, 0.29) is 41.7 Å². The number of hydrogen-bond donors (Lipinski definition) is 3. The minimum Gasteiger partial charge on any atom is -0.744 e. The summed E-state index contributed by atoms with van der Waals surface area (Å²) in [5.74, 6) is -1.31. The predicted molar refractivity (Wildman–Crippen MR) is 149 cm³/mol. The summed E-state index contributed by atoms with van der Waals surface area (Å²) in [4.78, 5) is 36.4. The Bertz CT molecular complexity index is 1100. The third kappa shape index (κ3) is 12.4. The van der Waals surface area contributed by atoms with Crippen molar-refractivity contribution in [2.45, 2.75) is 65.2 Å². The number of amides is 2. The molecule has 0 aliphatic carbocycles. The van der Waals surface area contributed by atoms with Crippen LogP contribution in [0.15, 0.2) is 24.3 Å². The van der Waals surface area contributed by atoms with Crippen LogP contribution >= 0.6 is 0 Å². The highest BCUT2D eigenvalue weighted by molar-refractivity contribution is 7.85. The van der Waals surface area contributed by atoms with Crippen molar-refractivity contribution < 1.29 is 41.3 Å². The molecule has 0 spiro atoms. The highest BCUT2D eigenvalue weighted by Crippen LogP contribution is 2.28. The average Bonchev–Trinajstić information content (AvgIpc) is 2.87. The lowest BCUT2D eigenvalue weighted by Crippen LogP contribution is -2.58. The van der Waals surface area contributed by atoms with Crippen LogP contribution in [0.2, 0.25) is 0 Å². The zero-order valence-corrected chi connectivity index (χ0v) is 24.2. The molecule has 0 radical (unpaired) electrons. The van der Waals surface area contributed by atoms with Crippen LogP contribution in [0.5, 0.6) is 0 Å². The number of esters is 1. The predicted octanol–water partition coefficient (Wildman–Crippen LogP) is 3.33. The van der Waals surface area contributed by atoms with Crippen molar-refractivity contribution >= 4 is 39.6 Å².